The third-order valence-electron chi connectivity index (χ3n) is 1.42. The minimum Gasteiger partial charge on any atom is -0.144 e. The minimum absolute atomic E-state index is 0.815. The molecule has 0 bridgehead atoms. The molecule has 2 rings (SSSR count). The molecular formula is C8H5ClS. The smallest absolute Gasteiger partial charge is 0.0420 e. The molecule has 0 saturated carbocycles. The van der Waals surface area contributed by atoms with Crippen LogP contribution in [0.1, 0.15) is 0 Å². The van der Waals surface area contributed by atoms with Gasteiger partial charge in [-0.25, -0.2) is 0 Å². The lowest BCUT2D eigenvalue weighted by molar-refractivity contribution is 1.85. The number of hydrogen-bond donors (Lipinski definition) is 0. The Hall–Kier alpha value is -0.530. The SMILES string of the molecule is Clc1ccc2ccsc2c1. The molecule has 0 atom stereocenters. The monoisotopic (exact) mass is 168 g/mol. The summed E-state index contributed by atoms with van der Waals surface area (Å²) in [6, 6.07) is 8.03. The van der Waals surface area contributed by atoms with E-state index < -0.39 is 0 Å². The van der Waals surface area contributed by atoms with Crippen molar-refractivity contribution in [2.24, 2.45) is 0 Å². The lowest BCUT2D eigenvalue weighted by Gasteiger charge is -1.88. The molecule has 0 N–H and O–H groups in total. The summed E-state index contributed by atoms with van der Waals surface area (Å²) in [7, 11) is 0. The van der Waals surface area contributed by atoms with Gasteiger partial charge in [-0.2, -0.15) is 0 Å². The third-order valence-corrected chi connectivity index (χ3v) is 2.53. The molecule has 0 spiro atoms. The van der Waals surface area contributed by atoms with Gasteiger partial charge in [-0.3, -0.25) is 0 Å². The van der Waals surface area contributed by atoms with Crippen LogP contribution in [0.25, 0.3) is 10.1 Å². The van der Waals surface area contributed by atoms with Crippen LogP contribution in [0.3, 0.4) is 0 Å². The van der Waals surface area contributed by atoms with E-state index in [1.807, 2.05) is 18.2 Å². The Kier molecular flexibility index (Phi) is 1.40. The zero-order valence-electron chi connectivity index (χ0n) is 5.17. The van der Waals surface area contributed by atoms with Crippen molar-refractivity contribution in [2.45, 2.75) is 0 Å². The van der Waals surface area contributed by atoms with Gasteiger partial charge >= 0.3 is 0 Å². The second kappa shape index (κ2) is 2.26. The number of halogens is 1. The Morgan fingerprint density at radius 1 is 1.20 bits per heavy atom. The molecule has 0 aliphatic heterocycles. The fourth-order valence-electron chi connectivity index (χ4n) is 0.929. The van der Waals surface area contributed by atoms with Crippen LogP contribution in [0.4, 0.5) is 0 Å². The Morgan fingerprint density at radius 2 is 2.10 bits per heavy atom. The molecular weight excluding hydrogens is 164 g/mol. The van der Waals surface area contributed by atoms with Crippen molar-refractivity contribution < 1.29 is 0 Å². The van der Waals surface area contributed by atoms with Gasteiger partial charge in [0.05, 0.1) is 0 Å². The first-order chi connectivity index (χ1) is 4.86. The Morgan fingerprint density at radius 3 is 3.00 bits per heavy atom. The number of thiophene rings is 1. The summed E-state index contributed by atoms with van der Waals surface area (Å²) in [5, 5.41) is 4.16. The summed E-state index contributed by atoms with van der Waals surface area (Å²) >= 11 is 7.50. The molecule has 1 aromatic carbocycles. The maximum Gasteiger partial charge on any atom is 0.0420 e. The fraction of sp³-hybridized carbons (Fsp3) is 0. The van der Waals surface area contributed by atoms with Crippen molar-refractivity contribution in [1.29, 1.82) is 0 Å². The van der Waals surface area contributed by atoms with Gasteiger partial charge in [0.15, 0.2) is 0 Å². The van der Waals surface area contributed by atoms with E-state index in [1.165, 1.54) is 10.1 Å². The number of fused-ring (bicyclic) bond motifs is 1. The van der Waals surface area contributed by atoms with Gasteiger partial charge in [-0.15, -0.1) is 11.3 Å². The predicted molar refractivity (Wildman–Crippen MR) is 46.8 cm³/mol. The number of hydrogen-bond acceptors (Lipinski definition) is 1. The van der Waals surface area contributed by atoms with Crippen molar-refractivity contribution in [2.75, 3.05) is 0 Å². The van der Waals surface area contributed by atoms with Gasteiger partial charge in [-0.1, -0.05) is 17.7 Å². The highest BCUT2D eigenvalue weighted by molar-refractivity contribution is 7.17. The molecule has 0 saturated heterocycles. The molecule has 1 heterocycles. The van der Waals surface area contributed by atoms with E-state index in [0.717, 1.165) is 5.02 Å². The second-order valence-corrected chi connectivity index (χ2v) is 3.49. The van der Waals surface area contributed by atoms with Crippen LogP contribution >= 0.6 is 22.9 Å². The summed E-state index contributed by atoms with van der Waals surface area (Å²) in [5.74, 6) is 0. The number of benzene rings is 1. The second-order valence-electron chi connectivity index (χ2n) is 2.10. The Labute approximate surface area is 68.1 Å². The van der Waals surface area contributed by atoms with E-state index in [2.05, 4.69) is 11.4 Å². The van der Waals surface area contributed by atoms with Crippen molar-refractivity contribution in [3.63, 3.8) is 0 Å². The van der Waals surface area contributed by atoms with Gasteiger partial charge in [0, 0.05) is 9.72 Å². The van der Waals surface area contributed by atoms with E-state index in [-0.39, 0.29) is 0 Å². The van der Waals surface area contributed by atoms with Crippen LogP contribution in [0.5, 0.6) is 0 Å². The summed E-state index contributed by atoms with van der Waals surface area (Å²) < 4.78 is 1.26. The molecule has 0 amide bonds. The van der Waals surface area contributed by atoms with Crippen molar-refractivity contribution >= 4 is 33.0 Å². The molecule has 50 valence electrons. The van der Waals surface area contributed by atoms with E-state index in [1.54, 1.807) is 11.3 Å². The zero-order valence-corrected chi connectivity index (χ0v) is 6.75. The highest BCUT2D eigenvalue weighted by Crippen LogP contribution is 2.23. The summed E-state index contributed by atoms with van der Waals surface area (Å²) in [5.41, 5.74) is 0. The number of rotatable bonds is 0. The third kappa shape index (κ3) is 0.917. The van der Waals surface area contributed by atoms with E-state index in [4.69, 9.17) is 11.6 Å². The molecule has 0 aliphatic rings. The predicted octanol–water partition coefficient (Wildman–Crippen LogP) is 3.55. The topological polar surface area (TPSA) is 0 Å². The van der Waals surface area contributed by atoms with E-state index >= 15 is 0 Å². The van der Waals surface area contributed by atoms with Crippen molar-refractivity contribution in [3.05, 3.63) is 34.7 Å². The van der Waals surface area contributed by atoms with Crippen LogP contribution in [-0.4, -0.2) is 0 Å². The average molecular weight is 169 g/mol. The van der Waals surface area contributed by atoms with Crippen LogP contribution in [0.15, 0.2) is 29.6 Å². The molecule has 0 fully saturated rings. The van der Waals surface area contributed by atoms with Crippen molar-refractivity contribution in [3.8, 4) is 0 Å². The van der Waals surface area contributed by atoms with Crippen LogP contribution in [0, 0.1) is 0 Å². The van der Waals surface area contributed by atoms with Gasteiger partial charge in [0.1, 0.15) is 0 Å². The summed E-state index contributed by atoms with van der Waals surface area (Å²) in [4.78, 5) is 0. The zero-order chi connectivity index (χ0) is 6.97. The average Bonchev–Trinajstić information content (AvgIpc) is 2.33. The maximum absolute atomic E-state index is 5.78. The van der Waals surface area contributed by atoms with Gasteiger partial charge in [-0.05, 0) is 29.0 Å². The molecule has 2 aromatic rings. The fourth-order valence-corrected chi connectivity index (χ4v) is 1.99. The largest absolute Gasteiger partial charge is 0.144 e. The highest BCUT2D eigenvalue weighted by atomic mass is 35.5. The Bertz CT molecular complexity index is 351. The van der Waals surface area contributed by atoms with E-state index in [9.17, 15) is 0 Å². The molecule has 10 heavy (non-hydrogen) atoms. The Balaban J connectivity index is 2.86. The first kappa shape index (κ1) is 6.20. The summed E-state index contributed by atoms with van der Waals surface area (Å²) in [6.45, 7) is 0. The van der Waals surface area contributed by atoms with Crippen molar-refractivity contribution in [1.82, 2.24) is 0 Å². The highest BCUT2D eigenvalue weighted by Gasteiger charge is 1.93. The first-order valence-corrected chi connectivity index (χ1v) is 4.25. The van der Waals surface area contributed by atoms with Crippen LogP contribution in [0.2, 0.25) is 5.02 Å². The van der Waals surface area contributed by atoms with Crippen LogP contribution < -0.4 is 0 Å². The molecule has 1 aromatic heterocycles. The lowest BCUT2D eigenvalue weighted by atomic mass is 10.3. The normalized spacial score (nSPS) is 10.5. The van der Waals surface area contributed by atoms with Gasteiger partial charge in [0.25, 0.3) is 0 Å². The van der Waals surface area contributed by atoms with Crippen LogP contribution in [-0.2, 0) is 0 Å². The van der Waals surface area contributed by atoms with Gasteiger partial charge < -0.3 is 0 Å². The minimum atomic E-state index is 0.815. The standard InChI is InChI=1S/C8H5ClS/c9-7-2-1-6-3-4-10-8(6)5-7/h1-5H. The molecule has 0 nitrogen and oxygen atoms in total. The molecule has 2 heteroatoms. The quantitative estimate of drug-likeness (QED) is 0.565. The first-order valence-electron chi connectivity index (χ1n) is 2.99. The molecule has 0 aliphatic carbocycles. The molecule has 0 radical (unpaired) electrons. The maximum atomic E-state index is 5.78. The molecule has 0 unspecified atom stereocenters. The summed E-state index contributed by atoms with van der Waals surface area (Å²) in [6.07, 6.45) is 0. The lowest BCUT2D eigenvalue weighted by Crippen LogP contribution is -1.61. The van der Waals surface area contributed by atoms with Gasteiger partial charge in [0.2, 0.25) is 0 Å². The van der Waals surface area contributed by atoms with E-state index in [0.29, 0.717) is 0 Å².